The minimum absolute atomic E-state index is 0.0935. The van der Waals surface area contributed by atoms with Crippen molar-refractivity contribution < 1.29 is 4.79 Å². The highest BCUT2D eigenvalue weighted by Gasteiger charge is 2.12. The molecule has 0 saturated heterocycles. The molecule has 4 nitrogen and oxygen atoms in total. The molecule has 0 fully saturated rings. The molecule has 4 heteroatoms. The summed E-state index contributed by atoms with van der Waals surface area (Å²) in [5.41, 5.74) is 6.40. The van der Waals surface area contributed by atoms with E-state index in [1.54, 1.807) is 6.20 Å². The number of carbonyl (C=O) groups excluding carboxylic acids is 1. The highest BCUT2D eigenvalue weighted by atomic mass is 16.1. The second-order valence-electron chi connectivity index (χ2n) is 4.83. The van der Waals surface area contributed by atoms with Gasteiger partial charge in [-0.1, -0.05) is 44.5 Å². The van der Waals surface area contributed by atoms with Crippen molar-refractivity contribution in [2.24, 2.45) is 5.92 Å². The van der Waals surface area contributed by atoms with Crippen molar-refractivity contribution in [3.05, 3.63) is 36.0 Å². The number of amides is 1. The van der Waals surface area contributed by atoms with Gasteiger partial charge in [-0.25, -0.2) is 4.98 Å². The SMILES string of the molecule is CCC(C)CNC(=O)c1cnc(N)c2ccccc12. The van der Waals surface area contributed by atoms with Gasteiger partial charge in [0.25, 0.3) is 5.91 Å². The fraction of sp³-hybridized carbons (Fsp3) is 0.333. The molecule has 0 saturated carbocycles. The van der Waals surface area contributed by atoms with Gasteiger partial charge >= 0.3 is 0 Å². The van der Waals surface area contributed by atoms with Crippen LogP contribution in [-0.2, 0) is 0 Å². The number of benzene rings is 1. The van der Waals surface area contributed by atoms with Crippen molar-refractivity contribution in [1.82, 2.24) is 10.3 Å². The quantitative estimate of drug-likeness (QED) is 0.884. The maximum absolute atomic E-state index is 12.2. The van der Waals surface area contributed by atoms with Crippen LogP contribution in [0, 0.1) is 5.92 Å². The zero-order valence-corrected chi connectivity index (χ0v) is 11.3. The number of aromatic nitrogens is 1. The minimum Gasteiger partial charge on any atom is -0.383 e. The summed E-state index contributed by atoms with van der Waals surface area (Å²) < 4.78 is 0. The summed E-state index contributed by atoms with van der Waals surface area (Å²) in [6.07, 6.45) is 2.59. The number of fused-ring (bicyclic) bond motifs is 1. The molecule has 3 N–H and O–H groups in total. The van der Waals surface area contributed by atoms with E-state index >= 15 is 0 Å². The lowest BCUT2D eigenvalue weighted by Crippen LogP contribution is -2.28. The van der Waals surface area contributed by atoms with Crippen LogP contribution < -0.4 is 11.1 Å². The van der Waals surface area contributed by atoms with Gasteiger partial charge < -0.3 is 11.1 Å². The lowest BCUT2D eigenvalue weighted by Gasteiger charge is -2.12. The Balaban J connectivity index is 2.30. The summed E-state index contributed by atoms with van der Waals surface area (Å²) in [6, 6.07) is 7.56. The number of nitrogens with two attached hydrogens (primary N) is 1. The van der Waals surface area contributed by atoms with Crippen molar-refractivity contribution in [1.29, 1.82) is 0 Å². The highest BCUT2D eigenvalue weighted by Crippen LogP contribution is 2.22. The standard InChI is InChI=1S/C15H19N3O/c1-3-10(2)8-18-15(19)13-9-17-14(16)12-7-5-4-6-11(12)13/h4-7,9-10H,3,8H2,1-2H3,(H2,16,17)(H,18,19). The number of hydrogen-bond donors (Lipinski definition) is 2. The Bertz CT molecular complexity index is 595. The van der Waals surface area contributed by atoms with E-state index in [-0.39, 0.29) is 5.91 Å². The summed E-state index contributed by atoms with van der Waals surface area (Å²) in [5.74, 6) is 0.829. The van der Waals surface area contributed by atoms with Crippen LogP contribution in [0.25, 0.3) is 10.8 Å². The highest BCUT2D eigenvalue weighted by molar-refractivity contribution is 6.08. The van der Waals surface area contributed by atoms with Crippen LogP contribution in [0.5, 0.6) is 0 Å². The number of carbonyl (C=O) groups is 1. The first kappa shape index (κ1) is 13.3. The van der Waals surface area contributed by atoms with E-state index < -0.39 is 0 Å². The second kappa shape index (κ2) is 5.69. The molecule has 0 aliphatic carbocycles. The summed E-state index contributed by atoms with van der Waals surface area (Å²) in [5, 5.41) is 4.60. The molecular formula is C15H19N3O. The molecular weight excluding hydrogens is 238 g/mol. The number of nitrogens with one attached hydrogen (secondary N) is 1. The molecule has 0 bridgehead atoms. The summed E-state index contributed by atoms with van der Waals surface area (Å²) in [4.78, 5) is 16.3. The van der Waals surface area contributed by atoms with Crippen molar-refractivity contribution >= 4 is 22.5 Å². The Labute approximate surface area is 113 Å². The summed E-state index contributed by atoms with van der Waals surface area (Å²) in [6.45, 7) is 4.89. The molecule has 2 aromatic rings. The molecule has 1 amide bonds. The van der Waals surface area contributed by atoms with E-state index in [9.17, 15) is 4.79 Å². The van der Waals surface area contributed by atoms with E-state index in [4.69, 9.17) is 5.73 Å². The monoisotopic (exact) mass is 257 g/mol. The van der Waals surface area contributed by atoms with Crippen LogP contribution in [0.15, 0.2) is 30.5 Å². The van der Waals surface area contributed by atoms with Gasteiger partial charge in [-0.15, -0.1) is 0 Å². The van der Waals surface area contributed by atoms with E-state index in [1.807, 2.05) is 24.3 Å². The van der Waals surface area contributed by atoms with Crippen LogP contribution in [-0.4, -0.2) is 17.4 Å². The number of hydrogen-bond acceptors (Lipinski definition) is 3. The number of nitrogens with zero attached hydrogens (tertiary/aromatic N) is 1. The molecule has 1 atom stereocenters. The number of rotatable bonds is 4. The molecule has 0 aliphatic heterocycles. The molecule has 19 heavy (non-hydrogen) atoms. The van der Waals surface area contributed by atoms with Gasteiger partial charge in [0.2, 0.25) is 0 Å². The first-order chi connectivity index (χ1) is 9.13. The Hall–Kier alpha value is -2.10. The Morgan fingerprint density at radius 3 is 2.74 bits per heavy atom. The molecule has 1 aromatic carbocycles. The fourth-order valence-corrected chi connectivity index (χ4v) is 1.90. The third kappa shape index (κ3) is 2.84. The van der Waals surface area contributed by atoms with Crippen molar-refractivity contribution in [2.45, 2.75) is 20.3 Å². The maximum Gasteiger partial charge on any atom is 0.253 e. The van der Waals surface area contributed by atoms with Gasteiger partial charge in [0, 0.05) is 18.1 Å². The smallest absolute Gasteiger partial charge is 0.253 e. The van der Waals surface area contributed by atoms with Crippen molar-refractivity contribution in [3.63, 3.8) is 0 Å². The number of anilines is 1. The van der Waals surface area contributed by atoms with E-state index in [2.05, 4.69) is 24.1 Å². The second-order valence-corrected chi connectivity index (χ2v) is 4.83. The zero-order valence-electron chi connectivity index (χ0n) is 11.3. The molecule has 0 spiro atoms. The molecule has 1 heterocycles. The third-order valence-corrected chi connectivity index (χ3v) is 3.38. The fourth-order valence-electron chi connectivity index (χ4n) is 1.90. The summed E-state index contributed by atoms with van der Waals surface area (Å²) in [7, 11) is 0. The third-order valence-electron chi connectivity index (χ3n) is 3.38. The summed E-state index contributed by atoms with van der Waals surface area (Å²) >= 11 is 0. The molecule has 1 unspecified atom stereocenters. The lowest BCUT2D eigenvalue weighted by molar-refractivity contribution is 0.0949. The predicted molar refractivity (Wildman–Crippen MR) is 77.9 cm³/mol. The van der Waals surface area contributed by atoms with Crippen LogP contribution >= 0.6 is 0 Å². The first-order valence-electron chi connectivity index (χ1n) is 6.55. The average molecular weight is 257 g/mol. The molecule has 1 aromatic heterocycles. The van der Waals surface area contributed by atoms with Gasteiger partial charge in [0.05, 0.1) is 5.56 Å². The van der Waals surface area contributed by atoms with Crippen molar-refractivity contribution in [2.75, 3.05) is 12.3 Å². The molecule has 0 radical (unpaired) electrons. The molecule has 0 aliphatic rings. The topological polar surface area (TPSA) is 68.0 Å². The molecule has 100 valence electrons. The normalized spacial score (nSPS) is 12.3. The van der Waals surface area contributed by atoms with Crippen molar-refractivity contribution in [3.8, 4) is 0 Å². The van der Waals surface area contributed by atoms with E-state index in [0.717, 1.165) is 17.2 Å². The zero-order chi connectivity index (χ0) is 13.8. The average Bonchev–Trinajstić information content (AvgIpc) is 2.45. The number of nitrogen functional groups attached to an aromatic ring is 1. The van der Waals surface area contributed by atoms with Crippen LogP contribution in [0.3, 0.4) is 0 Å². The Kier molecular flexibility index (Phi) is 4.00. The van der Waals surface area contributed by atoms with E-state index in [0.29, 0.717) is 23.8 Å². The Morgan fingerprint density at radius 1 is 1.37 bits per heavy atom. The molecule has 2 rings (SSSR count). The van der Waals surface area contributed by atoms with Gasteiger partial charge in [-0.05, 0) is 11.3 Å². The van der Waals surface area contributed by atoms with Gasteiger partial charge in [-0.3, -0.25) is 4.79 Å². The maximum atomic E-state index is 12.2. The van der Waals surface area contributed by atoms with Crippen LogP contribution in [0.1, 0.15) is 30.6 Å². The lowest BCUT2D eigenvalue weighted by atomic mass is 10.1. The van der Waals surface area contributed by atoms with Crippen LogP contribution in [0.2, 0.25) is 0 Å². The largest absolute Gasteiger partial charge is 0.383 e. The Morgan fingerprint density at radius 2 is 2.05 bits per heavy atom. The van der Waals surface area contributed by atoms with Crippen LogP contribution in [0.4, 0.5) is 5.82 Å². The van der Waals surface area contributed by atoms with Gasteiger partial charge in [0.1, 0.15) is 5.82 Å². The minimum atomic E-state index is -0.0935. The van der Waals surface area contributed by atoms with E-state index in [1.165, 1.54) is 0 Å². The van der Waals surface area contributed by atoms with Gasteiger partial charge in [-0.2, -0.15) is 0 Å². The predicted octanol–water partition coefficient (Wildman–Crippen LogP) is 2.59. The first-order valence-corrected chi connectivity index (χ1v) is 6.55. The number of pyridine rings is 1. The van der Waals surface area contributed by atoms with Gasteiger partial charge in [0.15, 0.2) is 0 Å².